The van der Waals surface area contributed by atoms with Gasteiger partial charge in [-0.15, -0.1) is 0 Å². The number of hydrogen-bond acceptors (Lipinski definition) is 3. The van der Waals surface area contributed by atoms with Crippen LogP contribution < -0.4 is 5.32 Å². The predicted octanol–water partition coefficient (Wildman–Crippen LogP) is 3.83. The number of nitro benzene ring substituents is 1. The van der Waals surface area contributed by atoms with Crippen LogP contribution >= 0.6 is 15.9 Å². The first-order valence-corrected chi connectivity index (χ1v) is 7.91. The highest BCUT2D eigenvalue weighted by Crippen LogP contribution is 2.24. The third-order valence-electron chi connectivity index (χ3n) is 3.43. The Labute approximate surface area is 133 Å². The summed E-state index contributed by atoms with van der Waals surface area (Å²) in [5.41, 5.74) is 0.925. The minimum absolute atomic E-state index is 0.0111. The maximum Gasteiger partial charge on any atom is 0.270 e. The summed E-state index contributed by atoms with van der Waals surface area (Å²) < 4.78 is 0. The molecule has 0 bridgehead atoms. The molecule has 1 aromatic carbocycles. The first kappa shape index (κ1) is 17.6. The van der Waals surface area contributed by atoms with Gasteiger partial charge >= 0.3 is 0 Å². The first-order chi connectivity index (χ1) is 9.66. The Bertz CT molecular complexity index is 538. The number of amides is 1. The van der Waals surface area contributed by atoms with Crippen molar-refractivity contribution in [2.45, 2.75) is 40.2 Å². The lowest BCUT2D eigenvalue weighted by molar-refractivity contribution is -0.384. The molecule has 6 heteroatoms. The van der Waals surface area contributed by atoms with Gasteiger partial charge in [-0.2, -0.15) is 0 Å². The molecule has 1 rings (SSSR count). The van der Waals surface area contributed by atoms with Gasteiger partial charge in [0.15, 0.2) is 0 Å². The van der Waals surface area contributed by atoms with E-state index in [4.69, 9.17) is 0 Å². The van der Waals surface area contributed by atoms with E-state index in [2.05, 4.69) is 42.0 Å². The van der Waals surface area contributed by atoms with Crippen molar-refractivity contribution in [2.75, 3.05) is 5.33 Å². The van der Waals surface area contributed by atoms with Gasteiger partial charge in [0.25, 0.3) is 11.6 Å². The molecule has 0 radical (unpaired) electrons. The molecule has 0 heterocycles. The minimum atomic E-state index is -0.490. The highest BCUT2D eigenvalue weighted by atomic mass is 79.9. The van der Waals surface area contributed by atoms with Gasteiger partial charge < -0.3 is 5.32 Å². The fourth-order valence-electron chi connectivity index (χ4n) is 2.03. The molecule has 0 saturated carbocycles. The zero-order valence-electron chi connectivity index (χ0n) is 12.8. The van der Waals surface area contributed by atoms with Crippen molar-refractivity contribution < 1.29 is 9.72 Å². The van der Waals surface area contributed by atoms with Gasteiger partial charge in [-0.1, -0.05) is 42.8 Å². The van der Waals surface area contributed by atoms with Crippen molar-refractivity contribution in [1.29, 1.82) is 0 Å². The molecular formula is C15H21BrN2O3. The van der Waals surface area contributed by atoms with Crippen LogP contribution in [0.1, 0.15) is 43.1 Å². The number of nitrogens with one attached hydrogen (secondary N) is 1. The first-order valence-electron chi connectivity index (χ1n) is 6.78. The molecule has 1 amide bonds. The van der Waals surface area contributed by atoms with Crippen molar-refractivity contribution in [3.05, 3.63) is 39.4 Å². The van der Waals surface area contributed by atoms with E-state index < -0.39 is 4.92 Å². The third kappa shape index (κ3) is 4.81. The lowest BCUT2D eigenvalue weighted by Crippen LogP contribution is -2.44. The second-order valence-electron chi connectivity index (χ2n) is 6.13. The Morgan fingerprint density at radius 3 is 2.52 bits per heavy atom. The molecule has 0 aliphatic carbocycles. The average molecular weight is 357 g/mol. The van der Waals surface area contributed by atoms with E-state index in [0.717, 1.165) is 17.3 Å². The monoisotopic (exact) mass is 356 g/mol. The van der Waals surface area contributed by atoms with Gasteiger partial charge in [0.2, 0.25) is 0 Å². The molecule has 0 aliphatic heterocycles. The number of hydrogen-bond donors (Lipinski definition) is 1. The molecule has 1 atom stereocenters. The molecule has 0 aromatic heterocycles. The second kappa shape index (κ2) is 7.02. The molecule has 0 saturated heterocycles. The summed E-state index contributed by atoms with van der Waals surface area (Å²) in [5.74, 6) is -0.267. The van der Waals surface area contributed by atoms with E-state index in [9.17, 15) is 14.9 Å². The van der Waals surface area contributed by atoms with Crippen LogP contribution in [-0.4, -0.2) is 22.2 Å². The molecule has 0 fully saturated rings. The Hall–Kier alpha value is -1.43. The lowest BCUT2D eigenvalue weighted by atomic mass is 9.85. The number of aryl methyl sites for hydroxylation is 1. The number of carbonyl (C=O) groups is 1. The van der Waals surface area contributed by atoms with Gasteiger partial charge in [0, 0.05) is 29.1 Å². The second-order valence-corrected chi connectivity index (χ2v) is 6.92. The summed E-state index contributed by atoms with van der Waals surface area (Å²) in [5, 5.41) is 14.6. The molecular weight excluding hydrogens is 336 g/mol. The molecule has 0 spiro atoms. The smallest absolute Gasteiger partial charge is 0.270 e. The number of alkyl halides is 1. The Morgan fingerprint density at radius 1 is 1.43 bits per heavy atom. The van der Waals surface area contributed by atoms with E-state index in [1.807, 2.05) is 0 Å². The SMILES string of the molecule is Cc1ccc([N+](=O)[O-])cc1C(=O)NC(CCBr)C(C)(C)C. The van der Waals surface area contributed by atoms with Gasteiger partial charge in [0.05, 0.1) is 4.92 Å². The highest BCUT2D eigenvalue weighted by Gasteiger charge is 2.26. The molecule has 1 aromatic rings. The van der Waals surface area contributed by atoms with Gasteiger partial charge in [0.1, 0.15) is 0 Å². The van der Waals surface area contributed by atoms with Gasteiger partial charge in [-0.05, 0) is 24.3 Å². The van der Waals surface area contributed by atoms with Crippen molar-refractivity contribution in [3.8, 4) is 0 Å². The molecule has 5 nitrogen and oxygen atoms in total. The summed E-state index contributed by atoms with van der Waals surface area (Å²) >= 11 is 3.39. The summed E-state index contributed by atoms with van der Waals surface area (Å²) in [4.78, 5) is 22.8. The zero-order valence-corrected chi connectivity index (χ0v) is 14.4. The van der Waals surface area contributed by atoms with Gasteiger partial charge in [-0.25, -0.2) is 0 Å². The van der Waals surface area contributed by atoms with Crippen LogP contribution in [0.15, 0.2) is 18.2 Å². The van der Waals surface area contributed by atoms with Crippen molar-refractivity contribution in [1.82, 2.24) is 5.32 Å². The van der Waals surface area contributed by atoms with Crippen LogP contribution in [0.4, 0.5) is 5.69 Å². The summed E-state index contributed by atoms with van der Waals surface area (Å²) in [6.07, 6.45) is 0.795. The van der Waals surface area contributed by atoms with E-state index in [1.54, 1.807) is 13.0 Å². The normalized spacial score (nSPS) is 12.8. The number of non-ortho nitro benzene ring substituents is 1. The molecule has 21 heavy (non-hydrogen) atoms. The van der Waals surface area contributed by atoms with E-state index in [0.29, 0.717) is 5.56 Å². The maximum absolute atomic E-state index is 12.4. The van der Waals surface area contributed by atoms with E-state index >= 15 is 0 Å². The Morgan fingerprint density at radius 2 is 2.05 bits per heavy atom. The maximum atomic E-state index is 12.4. The molecule has 1 unspecified atom stereocenters. The summed E-state index contributed by atoms with van der Waals surface area (Å²) in [6.45, 7) is 7.94. The van der Waals surface area contributed by atoms with Crippen LogP contribution in [-0.2, 0) is 0 Å². The fourth-order valence-corrected chi connectivity index (χ4v) is 2.49. The number of halogens is 1. The largest absolute Gasteiger partial charge is 0.349 e. The Balaban J connectivity index is 3.02. The standard InChI is InChI=1S/C15H21BrN2O3/c1-10-5-6-11(18(20)21)9-12(10)14(19)17-13(7-8-16)15(2,3)4/h5-6,9,13H,7-8H2,1-4H3,(H,17,19). The minimum Gasteiger partial charge on any atom is -0.349 e. The predicted molar refractivity (Wildman–Crippen MR) is 87.0 cm³/mol. The number of nitro groups is 1. The number of benzene rings is 1. The van der Waals surface area contributed by atoms with Crippen LogP contribution in [0.5, 0.6) is 0 Å². The lowest BCUT2D eigenvalue weighted by Gasteiger charge is -2.31. The van der Waals surface area contributed by atoms with Crippen molar-refractivity contribution >= 4 is 27.5 Å². The number of carbonyl (C=O) groups excluding carboxylic acids is 1. The zero-order chi connectivity index (χ0) is 16.2. The van der Waals surface area contributed by atoms with Crippen molar-refractivity contribution in [2.24, 2.45) is 5.41 Å². The number of nitrogens with zero attached hydrogens (tertiary/aromatic N) is 1. The Kier molecular flexibility index (Phi) is 5.89. The molecule has 0 aliphatic rings. The fraction of sp³-hybridized carbons (Fsp3) is 0.533. The molecule has 1 N–H and O–H groups in total. The van der Waals surface area contributed by atoms with E-state index in [1.165, 1.54) is 12.1 Å². The number of rotatable bonds is 5. The summed E-state index contributed by atoms with van der Waals surface area (Å²) in [7, 11) is 0. The van der Waals surface area contributed by atoms with Crippen molar-refractivity contribution in [3.63, 3.8) is 0 Å². The quantitative estimate of drug-likeness (QED) is 0.494. The van der Waals surface area contributed by atoms with Crippen LogP contribution in [0.2, 0.25) is 0 Å². The van der Waals surface area contributed by atoms with Crippen LogP contribution in [0.25, 0.3) is 0 Å². The average Bonchev–Trinajstić information content (AvgIpc) is 2.37. The third-order valence-corrected chi connectivity index (χ3v) is 3.88. The highest BCUT2D eigenvalue weighted by molar-refractivity contribution is 9.09. The molecule has 116 valence electrons. The van der Waals surface area contributed by atoms with Crippen LogP contribution in [0, 0.1) is 22.5 Å². The van der Waals surface area contributed by atoms with Gasteiger partial charge in [-0.3, -0.25) is 14.9 Å². The van der Waals surface area contributed by atoms with Crippen LogP contribution in [0.3, 0.4) is 0 Å². The summed E-state index contributed by atoms with van der Waals surface area (Å²) in [6, 6.07) is 4.33. The van der Waals surface area contributed by atoms with E-state index in [-0.39, 0.29) is 23.1 Å². The topological polar surface area (TPSA) is 72.2 Å².